The average Bonchev–Trinajstić information content (AvgIpc) is 3.29. The minimum absolute atomic E-state index is 0.155. The van der Waals surface area contributed by atoms with Crippen LogP contribution in [0.4, 0.5) is 5.69 Å². The van der Waals surface area contributed by atoms with Crippen molar-refractivity contribution >= 4 is 40.3 Å². The van der Waals surface area contributed by atoms with E-state index in [2.05, 4.69) is 10.3 Å². The molecule has 1 saturated carbocycles. The zero-order valence-corrected chi connectivity index (χ0v) is 15.0. The smallest absolute Gasteiger partial charge is 0.231 e. The van der Waals surface area contributed by atoms with Crippen LogP contribution in [0.1, 0.15) is 46.7 Å². The number of nitrogens with one attached hydrogen (secondary N) is 1. The van der Waals surface area contributed by atoms with Crippen molar-refractivity contribution in [3.63, 3.8) is 0 Å². The summed E-state index contributed by atoms with van der Waals surface area (Å²) in [5.41, 5.74) is 1.71. The van der Waals surface area contributed by atoms with Crippen LogP contribution in [0.2, 0.25) is 5.02 Å². The molecule has 0 bridgehead atoms. The van der Waals surface area contributed by atoms with E-state index in [1.54, 1.807) is 12.1 Å². The summed E-state index contributed by atoms with van der Waals surface area (Å²) < 4.78 is 5.15. The van der Waals surface area contributed by atoms with Crippen molar-refractivity contribution in [2.45, 2.75) is 32.1 Å². The molecule has 1 aromatic heterocycles. The SMILES string of the molecule is COc1ccc(C(C)=O)c(NC(=O)Cc2nc(C3CC3)cs2)c1Cl. The monoisotopic (exact) mass is 364 g/mol. The van der Waals surface area contributed by atoms with Crippen molar-refractivity contribution < 1.29 is 14.3 Å². The number of benzene rings is 1. The molecule has 24 heavy (non-hydrogen) atoms. The molecule has 0 atom stereocenters. The number of hydrogen-bond acceptors (Lipinski definition) is 5. The summed E-state index contributed by atoms with van der Waals surface area (Å²) in [6.45, 7) is 1.43. The van der Waals surface area contributed by atoms with E-state index < -0.39 is 0 Å². The van der Waals surface area contributed by atoms with Crippen LogP contribution in [0.15, 0.2) is 17.5 Å². The number of thiazole rings is 1. The standard InChI is InChI=1S/C17H17ClN2O3S/c1-9(21)11-5-6-13(23-2)16(18)17(11)20-14(22)7-15-19-12(8-24-15)10-3-4-10/h5-6,8,10H,3-4,7H2,1-2H3,(H,20,22). The molecule has 0 spiro atoms. The predicted octanol–water partition coefficient (Wildman–Crippen LogP) is 4.07. The van der Waals surface area contributed by atoms with Crippen molar-refractivity contribution in [3.8, 4) is 5.75 Å². The fourth-order valence-electron chi connectivity index (χ4n) is 2.42. The molecular weight excluding hydrogens is 348 g/mol. The van der Waals surface area contributed by atoms with Crippen LogP contribution in [0, 0.1) is 0 Å². The number of ether oxygens (including phenoxy) is 1. The second kappa shape index (κ2) is 6.91. The van der Waals surface area contributed by atoms with Crippen LogP contribution in [-0.4, -0.2) is 23.8 Å². The van der Waals surface area contributed by atoms with Crippen LogP contribution in [-0.2, 0) is 11.2 Å². The number of anilines is 1. The van der Waals surface area contributed by atoms with Crippen LogP contribution in [0.5, 0.6) is 5.75 Å². The van der Waals surface area contributed by atoms with E-state index in [0.717, 1.165) is 10.7 Å². The Morgan fingerprint density at radius 1 is 1.42 bits per heavy atom. The maximum Gasteiger partial charge on any atom is 0.231 e. The zero-order valence-electron chi connectivity index (χ0n) is 13.4. The molecule has 0 radical (unpaired) electrons. The zero-order chi connectivity index (χ0) is 17.3. The second-order valence-electron chi connectivity index (χ2n) is 5.73. The van der Waals surface area contributed by atoms with E-state index in [9.17, 15) is 9.59 Å². The Balaban J connectivity index is 1.78. The first-order chi connectivity index (χ1) is 11.5. The molecule has 1 aromatic carbocycles. The summed E-state index contributed by atoms with van der Waals surface area (Å²) in [5.74, 6) is 0.530. The number of rotatable bonds is 6. The molecule has 2 aromatic rings. The molecule has 1 amide bonds. The van der Waals surface area contributed by atoms with Crippen molar-refractivity contribution in [2.24, 2.45) is 0 Å². The molecule has 7 heteroatoms. The Kier molecular flexibility index (Phi) is 4.87. The number of halogens is 1. The fourth-order valence-corrected chi connectivity index (χ4v) is 3.59. The number of nitrogens with zero attached hydrogens (tertiary/aromatic N) is 1. The van der Waals surface area contributed by atoms with Gasteiger partial charge in [0.15, 0.2) is 5.78 Å². The summed E-state index contributed by atoms with van der Waals surface area (Å²) in [6, 6.07) is 3.20. The van der Waals surface area contributed by atoms with E-state index in [1.165, 1.54) is 38.2 Å². The Labute approximate surface area is 149 Å². The predicted molar refractivity (Wildman–Crippen MR) is 94.4 cm³/mol. The van der Waals surface area contributed by atoms with Gasteiger partial charge in [-0.1, -0.05) is 11.6 Å². The highest BCUT2D eigenvalue weighted by molar-refractivity contribution is 7.09. The molecule has 3 rings (SSSR count). The number of carbonyl (C=O) groups excluding carboxylic acids is 2. The lowest BCUT2D eigenvalue weighted by Gasteiger charge is -2.13. The molecule has 0 saturated heterocycles. The van der Waals surface area contributed by atoms with E-state index in [-0.39, 0.29) is 28.8 Å². The van der Waals surface area contributed by atoms with Crippen LogP contribution in [0.3, 0.4) is 0 Å². The maximum atomic E-state index is 12.3. The van der Waals surface area contributed by atoms with Gasteiger partial charge in [-0.2, -0.15) is 0 Å². The van der Waals surface area contributed by atoms with E-state index >= 15 is 0 Å². The fraction of sp³-hybridized carbons (Fsp3) is 0.353. The largest absolute Gasteiger partial charge is 0.495 e. The quantitative estimate of drug-likeness (QED) is 0.784. The van der Waals surface area contributed by atoms with Gasteiger partial charge >= 0.3 is 0 Å². The Bertz CT molecular complexity index is 799. The number of methoxy groups -OCH3 is 1. The second-order valence-corrected chi connectivity index (χ2v) is 7.05. The number of amides is 1. The van der Waals surface area contributed by atoms with Gasteiger partial charge in [0.05, 0.1) is 24.9 Å². The van der Waals surface area contributed by atoms with E-state index in [4.69, 9.17) is 16.3 Å². The first-order valence-electron chi connectivity index (χ1n) is 7.61. The molecule has 1 N–H and O–H groups in total. The number of Topliss-reactive ketones (excluding diaryl/α,β-unsaturated/α-hetero) is 1. The topological polar surface area (TPSA) is 68.3 Å². The van der Waals surface area contributed by atoms with Gasteiger partial charge in [-0.25, -0.2) is 4.98 Å². The van der Waals surface area contributed by atoms with Gasteiger partial charge in [-0.15, -0.1) is 11.3 Å². The van der Waals surface area contributed by atoms with Gasteiger partial charge in [-0.3, -0.25) is 9.59 Å². The minimum Gasteiger partial charge on any atom is -0.495 e. The number of aromatic nitrogens is 1. The molecular formula is C17H17ClN2O3S. The van der Waals surface area contributed by atoms with E-state index in [0.29, 0.717) is 17.2 Å². The summed E-state index contributed by atoms with van der Waals surface area (Å²) in [6.07, 6.45) is 2.51. The van der Waals surface area contributed by atoms with Crippen molar-refractivity contribution in [1.29, 1.82) is 0 Å². The Morgan fingerprint density at radius 3 is 2.79 bits per heavy atom. The van der Waals surface area contributed by atoms with Crippen molar-refractivity contribution in [1.82, 2.24) is 4.98 Å². The van der Waals surface area contributed by atoms with Gasteiger partial charge in [0.2, 0.25) is 5.91 Å². The first kappa shape index (κ1) is 16.9. The van der Waals surface area contributed by atoms with Crippen molar-refractivity contribution in [2.75, 3.05) is 12.4 Å². The lowest BCUT2D eigenvalue weighted by Crippen LogP contribution is -2.17. The van der Waals surface area contributed by atoms with Gasteiger partial charge in [0, 0.05) is 16.9 Å². The molecule has 1 heterocycles. The third-order valence-electron chi connectivity index (χ3n) is 3.85. The molecule has 0 unspecified atom stereocenters. The average molecular weight is 365 g/mol. The summed E-state index contributed by atoms with van der Waals surface area (Å²) >= 11 is 7.74. The van der Waals surface area contributed by atoms with Gasteiger partial charge in [0.1, 0.15) is 15.8 Å². The summed E-state index contributed by atoms with van der Waals surface area (Å²) in [4.78, 5) is 28.6. The highest BCUT2D eigenvalue weighted by atomic mass is 35.5. The third kappa shape index (κ3) is 3.60. The Hall–Kier alpha value is -1.92. The van der Waals surface area contributed by atoms with Crippen LogP contribution < -0.4 is 10.1 Å². The summed E-state index contributed by atoms with van der Waals surface area (Å²) in [5, 5.41) is 5.73. The molecule has 126 valence electrons. The van der Waals surface area contributed by atoms with Gasteiger partial charge in [0.25, 0.3) is 0 Å². The Morgan fingerprint density at radius 2 is 2.17 bits per heavy atom. The lowest BCUT2D eigenvalue weighted by molar-refractivity contribution is -0.115. The third-order valence-corrected chi connectivity index (χ3v) is 5.09. The first-order valence-corrected chi connectivity index (χ1v) is 8.87. The van der Waals surface area contributed by atoms with Crippen LogP contribution in [0.25, 0.3) is 0 Å². The van der Waals surface area contributed by atoms with Gasteiger partial charge in [-0.05, 0) is 31.9 Å². The number of hydrogen-bond donors (Lipinski definition) is 1. The normalized spacial score (nSPS) is 13.6. The van der Waals surface area contributed by atoms with Crippen LogP contribution >= 0.6 is 22.9 Å². The van der Waals surface area contributed by atoms with Crippen molar-refractivity contribution in [3.05, 3.63) is 38.8 Å². The van der Waals surface area contributed by atoms with Gasteiger partial charge < -0.3 is 10.1 Å². The lowest BCUT2D eigenvalue weighted by atomic mass is 10.1. The molecule has 5 nitrogen and oxygen atoms in total. The summed E-state index contributed by atoms with van der Waals surface area (Å²) in [7, 11) is 1.48. The highest BCUT2D eigenvalue weighted by Gasteiger charge is 2.26. The number of carbonyl (C=O) groups is 2. The molecule has 0 aliphatic heterocycles. The highest BCUT2D eigenvalue weighted by Crippen LogP contribution is 2.40. The molecule has 1 aliphatic carbocycles. The minimum atomic E-state index is -0.260. The number of ketones is 1. The van der Waals surface area contributed by atoms with E-state index in [1.807, 2.05) is 5.38 Å². The maximum absolute atomic E-state index is 12.3. The molecule has 1 fully saturated rings. The molecule has 1 aliphatic rings.